The van der Waals surface area contributed by atoms with Crippen molar-refractivity contribution >= 4 is 11.6 Å². The summed E-state index contributed by atoms with van der Waals surface area (Å²) in [5.41, 5.74) is 2.86. The molecule has 0 aliphatic carbocycles. The van der Waals surface area contributed by atoms with E-state index in [9.17, 15) is 31.1 Å². The number of amides is 1. The van der Waals surface area contributed by atoms with Crippen LogP contribution in [0.25, 0.3) is 11.1 Å². The molecule has 2 heterocycles. The maximum Gasteiger partial charge on any atom is 0.573 e. The molecule has 3 aromatic rings. The quantitative estimate of drug-likeness (QED) is 0.312. The number of benzene rings is 3. The van der Waals surface area contributed by atoms with E-state index < -0.39 is 24.5 Å². The Morgan fingerprint density at radius 1 is 0.854 bits per heavy atom. The Morgan fingerprint density at radius 3 is 2.17 bits per heavy atom. The number of nitrogens with zero attached hydrogens (tertiary/aromatic N) is 2. The molecule has 2 aliphatic heterocycles. The molecule has 1 amide bonds. The van der Waals surface area contributed by atoms with Crippen molar-refractivity contribution in [2.24, 2.45) is 0 Å². The van der Waals surface area contributed by atoms with Gasteiger partial charge in [-0.3, -0.25) is 9.69 Å². The number of anilines is 1. The lowest BCUT2D eigenvalue weighted by molar-refractivity contribution is -0.275. The van der Waals surface area contributed by atoms with Crippen LogP contribution in [0.5, 0.6) is 11.5 Å². The number of halogens is 6. The summed E-state index contributed by atoms with van der Waals surface area (Å²) in [7, 11) is 0. The fourth-order valence-electron chi connectivity index (χ4n) is 5.34. The van der Waals surface area contributed by atoms with Crippen LogP contribution in [-0.2, 0) is 16.0 Å². The van der Waals surface area contributed by atoms with Crippen LogP contribution < -0.4 is 14.4 Å². The summed E-state index contributed by atoms with van der Waals surface area (Å²) < 4.78 is 91.0. The normalized spacial score (nSPS) is 18.1. The number of rotatable bonds is 6. The number of hydrogen-bond donors (Lipinski definition) is 0. The highest BCUT2D eigenvalue weighted by Gasteiger charge is 2.36. The molecule has 12 heteroatoms. The molecule has 3 aromatic carbocycles. The van der Waals surface area contributed by atoms with Crippen LogP contribution >= 0.6 is 0 Å². The van der Waals surface area contributed by atoms with E-state index in [0.717, 1.165) is 5.56 Å². The fourth-order valence-corrected chi connectivity index (χ4v) is 5.34. The summed E-state index contributed by atoms with van der Waals surface area (Å²) in [6.07, 6.45) is -8.93. The lowest BCUT2D eigenvalue weighted by Gasteiger charge is -2.40. The molecule has 0 N–H and O–H groups in total. The zero-order valence-electron chi connectivity index (χ0n) is 21.7. The highest BCUT2D eigenvalue weighted by Crippen LogP contribution is 2.44. The third-order valence-electron chi connectivity index (χ3n) is 6.98. The van der Waals surface area contributed by atoms with Gasteiger partial charge in [0.05, 0.1) is 25.8 Å². The van der Waals surface area contributed by atoms with Gasteiger partial charge in [-0.15, -0.1) is 26.3 Å². The Bertz CT molecular complexity index is 1390. The molecule has 41 heavy (non-hydrogen) atoms. The number of carbonyl (C=O) groups is 1. The zero-order valence-corrected chi connectivity index (χ0v) is 21.7. The van der Waals surface area contributed by atoms with Gasteiger partial charge in [0, 0.05) is 18.8 Å². The van der Waals surface area contributed by atoms with Gasteiger partial charge in [-0.05, 0) is 65.4 Å². The van der Waals surface area contributed by atoms with Crippen LogP contribution in [0.15, 0.2) is 66.7 Å². The van der Waals surface area contributed by atoms with E-state index in [1.807, 2.05) is 4.90 Å². The minimum absolute atomic E-state index is 0.0666. The molecule has 218 valence electrons. The molecule has 5 rings (SSSR count). The molecule has 0 bridgehead atoms. The first-order chi connectivity index (χ1) is 19.5. The van der Waals surface area contributed by atoms with Gasteiger partial charge in [-0.1, -0.05) is 36.4 Å². The van der Waals surface area contributed by atoms with E-state index in [4.69, 9.17) is 4.74 Å². The van der Waals surface area contributed by atoms with Crippen LogP contribution in [0, 0.1) is 0 Å². The molecule has 6 nitrogen and oxygen atoms in total. The Morgan fingerprint density at radius 2 is 1.49 bits per heavy atom. The summed E-state index contributed by atoms with van der Waals surface area (Å²) >= 11 is 0. The van der Waals surface area contributed by atoms with Crippen LogP contribution in [0.4, 0.5) is 32.0 Å². The summed E-state index contributed by atoms with van der Waals surface area (Å²) in [4.78, 5) is 17.4. The van der Waals surface area contributed by atoms with Gasteiger partial charge >= 0.3 is 12.7 Å². The zero-order chi connectivity index (χ0) is 29.2. The molecule has 2 aliphatic rings. The van der Waals surface area contributed by atoms with Crippen molar-refractivity contribution in [1.82, 2.24) is 4.90 Å². The largest absolute Gasteiger partial charge is 0.573 e. The molecule has 0 aromatic heterocycles. The van der Waals surface area contributed by atoms with E-state index in [0.29, 0.717) is 61.5 Å². The van der Waals surface area contributed by atoms with Crippen molar-refractivity contribution in [3.05, 3.63) is 77.9 Å². The molecule has 0 saturated carbocycles. The smallest absolute Gasteiger partial charge is 0.406 e. The van der Waals surface area contributed by atoms with Crippen molar-refractivity contribution in [2.45, 2.75) is 31.6 Å². The van der Waals surface area contributed by atoms with Crippen molar-refractivity contribution in [3.8, 4) is 22.6 Å². The fraction of sp³-hybridized carbons (Fsp3) is 0.345. The minimum atomic E-state index is -4.87. The Kier molecular flexibility index (Phi) is 8.14. The Balaban J connectivity index is 1.54. The van der Waals surface area contributed by atoms with Crippen molar-refractivity contribution in [1.29, 1.82) is 0 Å². The third kappa shape index (κ3) is 7.12. The first kappa shape index (κ1) is 28.7. The van der Waals surface area contributed by atoms with Crippen molar-refractivity contribution < 1.29 is 45.3 Å². The third-order valence-corrected chi connectivity index (χ3v) is 6.98. The number of alkyl halides is 6. The second kappa shape index (κ2) is 11.6. The first-order valence-corrected chi connectivity index (χ1v) is 12.9. The predicted molar refractivity (Wildman–Crippen MR) is 137 cm³/mol. The average Bonchev–Trinajstić information content (AvgIpc) is 2.91. The number of hydrogen-bond acceptors (Lipinski definition) is 5. The van der Waals surface area contributed by atoms with Crippen LogP contribution in [0.1, 0.15) is 23.6 Å². The van der Waals surface area contributed by atoms with Gasteiger partial charge in [0.15, 0.2) is 0 Å². The molecular weight excluding hydrogens is 554 g/mol. The van der Waals surface area contributed by atoms with E-state index in [-0.39, 0.29) is 18.2 Å². The van der Waals surface area contributed by atoms with E-state index in [1.165, 1.54) is 36.4 Å². The standard InChI is InChI=1S/C29H26F6N2O4/c30-28(31,32)40-21-6-1-4-19(16-21)23-8-3-9-26-24(23)10-11-25(20-5-2-7-22(17-20)41-29(33,34)35)37(26)27(38)18-36-12-14-39-15-13-36/h1-9,16-17,25H,10-15,18H2. The monoisotopic (exact) mass is 580 g/mol. The predicted octanol–water partition coefficient (Wildman–Crippen LogP) is 6.50. The second-order valence-corrected chi connectivity index (χ2v) is 9.71. The highest BCUT2D eigenvalue weighted by molar-refractivity contribution is 5.98. The molecule has 1 saturated heterocycles. The molecule has 1 unspecified atom stereocenters. The van der Waals surface area contributed by atoms with Gasteiger partial charge in [-0.25, -0.2) is 0 Å². The van der Waals surface area contributed by atoms with Gasteiger partial charge in [0.2, 0.25) is 5.91 Å². The Labute approximate surface area is 232 Å². The summed E-state index contributed by atoms with van der Waals surface area (Å²) in [6.45, 7) is 2.13. The van der Waals surface area contributed by atoms with E-state index in [1.54, 1.807) is 35.2 Å². The summed E-state index contributed by atoms with van der Waals surface area (Å²) in [5, 5.41) is 0. The number of ether oxygens (including phenoxy) is 3. The molecule has 0 radical (unpaired) electrons. The average molecular weight is 581 g/mol. The molecular formula is C29H26F6N2O4. The van der Waals surface area contributed by atoms with E-state index in [2.05, 4.69) is 9.47 Å². The maximum absolute atomic E-state index is 13.9. The van der Waals surface area contributed by atoms with Crippen LogP contribution in [0.3, 0.4) is 0 Å². The van der Waals surface area contributed by atoms with Crippen molar-refractivity contribution in [3.63, 3.8) is 0 Å². The second-order valence-electron chi connectivity index (χ2n) is 9.71. The molecule has 0 spiro atoms. The van der Waals surface area contributed by atoms with Gasteiger partial charge in [0.25, 0.3) is 0 Å². The highest BCUT2D eigenvalue weighted by atomic mass is 19.4. The summed E-state index contributed by atoms with van der Waals surface area (Å²) in [5.74, 6) is -1.02. The number of morpholine rings is 1. The lowest BCUT2D eigenvalue weighted by Crippen LogP contribution is -2.47. The minimum Gasteiger partial charge on any atom is -0.406 e. The van der Waals surface area contributed by atoms with Crippen molar-refractivity contribution in [2.75, 3.05) is 37.7 Å². The van der Waals surface area contributed by atoms with Crippen LogP contribution in [-0.4, -0.2) is 56.4 Å². The number of fused-ring (bicyclic) bond motifs is 1. The first-order valence-electron chi connectivity index (χ1n) is 12.9. The SMILES string of the molecule is O=C(CN1CCOCC1)N1c2cccc(-c3cccc(OC(F)(F)F)c3)c2CCC1c1cccc(OC(F)(F)F)c1. The van der Waals surface area contributed by atoms with Gasteiger partial charge in [-0.2, -0.15) is 0 Å². The Hall–Kier alpha value is -3.77. The molecule has 1 fully saturated rings. The topological polar surface area (TPSA) is 51.2 Å². The number of carbonyl (C=O) groups excluding carboxylic acids is 1. The van der Waals surface area contributed by atoms with Gasteiger partial charge < -0.3 is 19.1 Å². The van der Waals surface area contributed by atoms with Crippen LogP contribution in [0.2, 0.25) is 0 Å². The van der Waals surface area contributed by atoms with Gasteiger partial charge in [0.1, 0.15) is 11.5 Å². The summed E-state index contributed by atoms with van der Waals surface area (Å²) in [6, 6.07) is 15.8. The maximum atomic E-state index is 13.9. The van der Waals surface area contributed by atoms with E-state index >= 15 is 0 Å². The molecule has 1 atom stereocenters. The lowest BCUT2D eigenvalue weighted by atomic mass is 9.86.